The predicted octanol–water partition coefficient (Wildman–Crippen LogP) is 3.49. The fourth-order valence-corrected chi connectivity index (χ4v) is 1.84. The Hall–Kier alpha value is -1.74. The Morgan fingerprint density at radius 2 is 2.12 bits per heavy atom. The molecule has 17 heavy (non-hydrogen) atoms. The first-order chi connectivity index (χ1) is 8.15. The van der Waals surface area contributed by atoms with Gasteiger partial charge in [-0.3, -0.25) is 4.98 Å². The Balaban J connectivity index is 2.14. The second kappa shape index (κ2) is 5.06. The van der Waals surface area contributed by atoms with E-state index in [-0.39, 0.29) is 6.04 Å². The Morgan fingerprint density at radius 3 is 2.82 bits per heavy atom. The zero-order chi connectivity index (χ0) is 12.3. The molecule has 88 valence electrons. The second-order valence-corrected chi connectivity index (χ2v) is 4.36. The number of pyridine rings is 1. The highest BCUT2D eigenvalue weighted by molar-refractivity contribution is 6.30. The maximum atomic E-state index is 5.96. The molecule has 1 heterocycles. The third kappa shape index (κ3) is 3.11. The smallest absolute Gasteiger partial charge is 0.0552 e. The molecule has 1 aromatic carbocycles. The van der Waals surface area contributed by atoms with Gasteiger partial charge in [-0.15, -0.1) is 0 Å². The van der Waals surface area contributed by atoms with Crippen LogP contribution in [0.3, 0.4) is 0 Å². The number of hydrogen-bond acceptors (Lipinski definition) is 3. The van der Waals surface area contributed by atoms with Gasteiger partial charge < -0.3 is 11.1 Å². The van der Waals surface area contributed by atoms with Crippen LogP contribution in [0.4, 0.5) is 11.4 Å². The van der Waals surface area contributed by atoms with Gasteiger partial charge in [0.05, 0.1) is 17.6 Å². The highest BCUT2D eigenvalue weighted by atomic mass is 35.5. The van der Waals surface area contributed by atoms with Crippen LogP contribution >= 0.6 is 11.6 Å². The van der Waals surface area contributed by atoms with Gasteiger partial charge in [0.1, 0.15) is 0 Å². The van der Waals surface area contributed by atoms with Crippen LogP contribution in [0.1, 0.15) is 18.5 Å². The molecule has 0 radical (unpaired) electrons. The maximum absolute atomic E-state index is 5.96. The fraction of sp³-hybridized carbons (Fsp3) is 0.154. The molecule has 3 nitrogen and oxygen atoms in total. The fourth-order valence-electron chi connectivity index (χ4n) is 1.65. The minimum atomic E-state index is 0.150. The van der Waals surface area contributed by atoms with Gasteiger partial charge >= 0.3 is 0 Å². The van der Waals surface area contributed by atoms with Gasteiger partial charge in [0.2, 0.25) is 0 Å². The predicted molar refractivity (Wildman–Crippen MR) is 72.1 cm³/mol. The Bertz CT molecular complexity index is 514. The third-order valence-electron chi connectivity index (χ3n) is 2.49. The zero-order valence-corrected chi connectivity index (χ0v) is 10.3. The summed E-state index contributed by atoms with van der Waals surface area (Å²) in [5.74, 6) is 0. The summed E-state index contributed by atoms with van der Waals surface area (Å²) < 4.78 is 0. The highest BCUT2D eigenvalue weighted by Crippen LogP contribution is 2.22. The molecule has 0 saturated carbocycles. The Kier molecular flexibility index (Phi) is 3.49. The van der Waals surface area contributed by atoms with Gasteiger partial charge in [0.25, 0.3) is 0 Å². The molecule has 2 aromatic rings. The molecule has 4 heteroatoms. The van der Waals surface area contributed by atoms with Crippen molar-refractivity contribution in [2.24, 2.45) is 0 Å². The molecule has 0 saturated heterocycles. The van der Waals surface area contributed by atoms with Crippen molar-refractivity contribution < 1.29 is 0 Å². The molecule has 2 rings (SSSR count). The van der Waals surface area contributed by atoms with Gasteiger partial charge in [0, 0.05) is 17.3 Å². The van der Waals surface area contributed by atoms with E-state index in [9.17, 15) is 0 Å². The number of nitrogens with two attached hydrogens (primary N) is 1. The first kappa shape index (κ1) is 11.7. The minimum Gasteiger partial charge on any atom is -0.397 e. The van der Waals surface area contributed by atoms with E-state index in [2.05, 4.69) is 17.2 Å². The molecular weight excluding hydrogens is 234 g/mol. The molecule has 0 aliphatic carbocycles. The van der Waals surface area contributed by atoms with Crippen LogP contribution in [0.5, 0.6) is 0 Å². The number of rotatable bonds is 3. The summed E-state index contributed by atoms with van der Waals surface area (Å²) >= 11 is 5.96. The Morgan fingerprint density at radius 1 is 1.29 bits per heavy atom. The number of hydrogen-bond donors (Lipinski definition) is 2. The number of nitrogen functional groups attached to an aromatic ring is 1. The standard InChI is InChI=1S/C13H14ClN3/c1-9(10-3-2-4-11(14)5-10)17-13-6-12(15)7-16-8-13/h2-9,17H,15H2,1H3. The van der Waals surface area contributed by atoms with E-state index in [1.807, 2.05) is 30.3 Å². The molecule has 0 spiro atoms. The average Bonchev–Trinajstić information content (AvgIpc) is 2.29. The minimum absolute atomic E-state index is 0.150. The van der Waals surface area contributed by atoms with Crippen molar-refractivity contribution >= 4 is 23.0 Å². The van der Waals surface area contributed by atoms with Gasteiger partial charge in [-0.25, -0.2) is 0 Å². The molecule has 1 aromatic heterocycles. The van der Waals surface area contributed by atoms with Crippen molar-refractivity contribution in [2.45, 2.75) is 13.0 Å². The lowest BCUT2D eigenvalue weighted by Crippen LogP contribution is -2.07. The number of benzene rings is 1. The summed E-state index contributed by atoms with van der Waals surface area (Å²) in [6, 6.07) is 9.78. The number of nitrogens with one attached hydrogen (secondary N) is 1. The summed E-state index contributed by atoms with van der Waals surface area (Å²) in [6.07, 6.45) is 3.37. The van der Waals surface area contributed by atoms with E-state index >= 15 is 0 Å². The van der Waals surface area contributed by atoms with Gasteiger partial charge in [0.15, 0.2) is 0 Å². The Labute approximate surface area is 106 Å². The van der Waals surface area contributed by atoms with Gasteiger partial charge in [-0.2, -0.15) is 0 Å². The van der Waals surface area contributed by atoms with Crippen molar-refractivity contribution in [1.29, 1.82) is 0 Å². The van der Waals surface area contributed by atoms with E-state index in [1.165, 1.54) is 0 Å². The lowest BCUT2D eigenvalue weighted by molar-refractivity contribution is 0.883. The van der Waals surface area contributed by atoms with Gasteiger partial charge in [-0.05, 0) is 30.7 Å². The quantitative estimate of drug-likeness (QED) is 0.873. The lowest BCUT2D eigenvalue weighted by Gasteiger charge is -2.15. The van der Waals surface area contributed by atoms with Crippen LogP contribution in [-0.2, 0) is 0 Å². The van der Waals surface area contributed by atoms with E-state index in [0.29, 0.717) is 5.69 Å². The molecule has 1 unspecified atom stereocenters. The normalized spacial score (nSPS) is 12.1. The third-order valence-corrected chi connectivity index (χ3v) is 2.73. The van der Waals surface area contributed by atoms with E-state index < -0.39 is 0 Å². The largest absolute Gasteiger partial charge is 0.397 e. The highest BCUT2D eigenvalue weighted by Gasteiger charge is 2.05. The molecule has 1 atom stereocenters. The van der Waals surface area contributed by atoms with Crippen molar-refractivity contribution in [1.82, 2.24) is 4.98 Å². The summed E-state index contributed by atoms with van der Waals surface area (Å²) in [5.41, 5.74) is 8.35. The SMILES string of the molecule is CC(Nc1cncc(N)c1)c1cccc(Cl)c1. The van der Waals surface area contributed by atoms with Crippen molar-refractivity contribution in [2.75, 3.05) is 11.1 Å². The molecule has 0 aliphatic rings. The van der Waals surface area contributed by atoms with Crippen LogP contribution in [0.25, 0.3) is 0 Å². The van der Waals surface area contributed by atoms with Crippen LogP contribution in [0.15, 0.2) is 42.7 Å². The number of nitrogens with zero attached hydrogens (tertiary/aromatic N) is 1. The monoisotopic (exact) mass is 247 g/mol. The molecular formula is C13H14ClN3. The molecule has 3 N–H and O–H groups in total. The van der Waals surface area contributed by atoms with Crippen molar-refractivity contribution in [3.63, 3.8) is 0 Å². The summed E-state index contributed by atoms with van der Waals surface area (Å²) in [6.45, 7) is 2.06. The van der Waals surface area contributed by atoms with Crippen LogP contribution in [-0.4, -0.2) is 4.98 Å². The second-order valence-electron chi connectivity index (χ2n) is 3.93. The first-order valence-corrected chi connectivity index (χ1v) is 5.75. The van der Waals surface area contributed by atoms with Crippen LogP contribution in [0.2, 0.25) is 5.02 Å². The van der Waals surface area contributed by atoms with E-state index in [1.54, 1.807) is 12.4 Å². The van der Waals surface area contributed by atoms with E-state index in [0.717, 1.165) is 16.3 Å². The molecule has 0 fully saturated rings. The topological polar surface area (TPSA) is 50.9 Å². The van der Waals surface area contributed by atoms with Crippen LogP contribution < -0.4 is 11.1 Å². The van der Waals surface area contributed by atoms with Crippen molar-refractivity contribution in [3.8, 4) is 0 Å². The summed E-state index contributed by atoms with van der Waals surface area (Å²) in [5, 5.41) is 4.06. The number of aromatic nitrogens is 1. The molecule has 0 aliphatic heterocycles. The van der Waals surface area contributed by atoms with Crippen LogP contribution in [0, 0.1) is 0 Å². The zero-order valence-electron chi connectivity index (χ0n) is 9.52. The van der Waals surface area contributed by atoms with E-state index in [4.69, 9.17) is 17.3 Å². The molecule has 0 bridgehead atoms. The summed E-state index contributed by atoms with van der Waals surface area (Å²) in [4.78, 5) is 4.03. The number of anilines is 2. The molecule has 0 amide bonds. The van der Waals surface area contributed by atoms with Gasteiger partial charge in [-0.1, -0.05) is 23.7 Å². The number of halogens is 1. The first-order valence-electron chi connectivity index (χ1n) is 5.37. The summed E-state index contributed by atoms with van der Waals surface area (Å²) in [7, 11) is 0. The maximum Gasteiger partial charge on any atom is 0.0552 e. The average molecular weight is 248 g/mol. The lowest BCUT2D eigenvalue weighted by atomic mass is 10.1. The van der Waals surface area contributed by atoms with Crippen molar-refractivity contribution in [3.05, 3.63) is 53.3 Å².